The fourth-order valence-electron chi connectivity index (χ4n) is 3.14. The topological polar surface area (TPSA) is 29.5 Å². The van der Waals surface area contributed by atoms with Crippen LogP contribution in [-0.4, -0.2) is 30.6 Å². The second-order valence-corrected chi connectivity index (χ2v) is 7.31. The van der Waals surface area contributed by atoms with E-state index in [0.29, 0.717) is 11.0 Å². The largest absolute Gasteiger partial charge is 0.468 e. The molecule has 1 aromatic rings. The fourth-order valence-corrected chi connectivity index (χ4v) is 4.43. The highest BCUT2D eigenvalue weighted by atomic mass is 35.5. The van der Waals surface area contributed by atoms with E-state index in [9.17, 15) is 4.79 Å². The molecule has 0 bridgehead atoms. The maximum atomic E-state index is 12.4. The van der Waals surface area contributed by atoms with Gasteiger partial charge in [0.1, 0.15) is 6.04 Å². The van der Waals surface area contributed by atoms with Crippen molar-refractivity contribution in [3.63, 3.8) is 0 Å². The van der Waals surface area contributed by atoms with Gasteiger partial charge in [0.15, 0.2) is 0 Å². The lowest BCUT2D eigenvalue weighted by atomic mass is 9.92. The summed E-state index contributed by atoms with van der Waals surface area (Å²) in [6.45, 7) is 3.75. The van der Waals surface area contributed by atoms with Crippen molar-refractivity contribution in [2.75, 3.05) is 13.7 Å². The quantitative estimate of drug-likeness (QED) is 0.787. The zero-order chi connectivity index (χ0) is 15.7. The summed E-state index contributed by atoms with van der Waals surface area (Å²) in [7, 11) is 1.44. The maximum absolute atomic E-state index is 12.4. The summed E-state index contributed by atoms with van der Waals surface area (Å²) in [5.74, 6) is 0.186. The molecule has 2 aliphatic rings. The van der Waals surface area contributed by atoms with E-state index in [1.165, 1.54) is 17.6 Å². The van der Waals surface area contributed by atoms with Crippen LogP contribution in [0.3, 0.4) is 0 Å². The van der Waals surface area contributed by atoms with Gasteiger partial charge in [0.25, 0.3) is 0 Å². The van der Waals surface area contributed by atoms with Gasteiger partial charge in [-0.05, 0) is 41.3 Å². The van der Waals surface area contributed by atoms with Gasteiger partial charge in [-0.25, -0.2) is 4.79 Å². The summed E-state index contributed by atoms with van der Waals surface area (Å²) < 4.78 is 5.06. The zero-order valence-corrected chi connectivity index (χ0v) is 14.4. The van der Waals surface area contributed by atoms with Crippen LogP contribution in [0.5, 0.6) is 0 Å². The van der Waals surface area contributed by atoms with Crippen LogP contribution in [0.2, 0.25) is 0 Å². The second kappa shape index (κ2) is 6.57. The summed E-state index contributed by atoms with van der Waals surface area (Å²) in [6.07, 6.45) is 6.02. The molecule has 0 saturated carbocycles. The Kier molecular flexibility index (Phi) is 4.71. The Morgan fingerprint density at radius 1 is 1.55 bits per heavy atom. The molecule has 0 saturated heterocycles. The van der Waals surface area contributed by atoms with Crippen molar-refractivity contribution in [1.82, 2.24) is 4.90 Å². The van der Waals surface area contributed by atoms with Gasteiger partial charge in [0.05, 0.1) is 7.11 Å². The highest BCUT2D eigenvalue weighted by Crippen LogP contribution is 2.33. The molecule has 2 atom stereocenters. The summed E-state index contributed by atoms with van der Waals surface area (Å²) >= 11 is 8.23. The van der Waals surface area contributed by atoms with Gasteiger partial charge in [-0.3, -0.25) is 4.90 Å². The zero-order valence-electron chi connectivity index (χ0n) is 12.8. The lowest BCUT2D eigenvalue weighted by molar-refractivity contribution is -0.145. The molecule has 0 N–H and O–H groups in total. The first-order valence-electron chi connectivity index (χ1n) is 7.55. The molecule has 0 aromatic carbocycles. The molecule has 2 heterocycles. The molecular weight excluding hydrogens is 318 g/mol. The number of rotatable bonds is 3. The van der Waals surface area contributed by atoms with Gasteiger partial charge in [0.2, 0.25) is 0 Å². The van der Waals surface area contributed by atoms with Crippen molar-refractivity contribution in [2.45, 2.75) is 32.4 Å². The third-order valence-corrected chi connectivity index (χ3v) is 5.70. The average molecular weight is 338 g/mol. The number of hydrogen-bond donors (Lipinski definition) is 0. The molecule has 1 aromatic heterocycles. The van der Waals surface area contributed by atoms with E-state index in [-0.39, 0.29) is 5.97 Å². The van der Waals surface area contributed by atoms with Crippen molar-refractivity contribution >= 4 is 28.9 Å². The number of hydrogen-bond acceptors (Lipinski definition) is 4. The first-order chi connectivity index (χ1) is 10.6. The van der Waals surface area contributed by atoms with E-state index in [4.69, 9.17) is 16.3 Å². The normalized spacial score (nSPS) is 23.3. The van der Waals surface area contributed by atoms with Crippen molar-refractivity contribution in [2.24, 2.45) is 5.92 Å². The van der Waals surface area contributed by atoms with E-state index in [1.54, 1.807) is 11.3 Å². The Morgan fingerprint density at radius 3 is 3.09 bits per heavy atom. The summed E-state index contributed by atoms with van der Waals surface area (Å²) in [4.78, 5) is 16.0. The number of methoxy groups -OCH3 is 1. The molecule has 0 spiro atoms. The van der Waals surface area contributed by atoms with Crippen LogP contribution in [0.1, 0.15) is 23.8 Å². The molecule has 5 heteroatoms. The number of nitrogens with zero attached hydrogens (tertiary/aromatic N) is 1. The van der Waals surface area contributed by atoms with E-state index in [1.807, 2.05) is 6.08 Å². The molecule has 3 nitrogen and oxygen atoms in total. The maximum Gasteiger partial charge on any atom is 0.327 e. The van der Waals surface area contributed by atoms with Crippen molar-refractivity contribution in [3.8, 4) is 0 Å². The summed E-state index contributed by atoms with van der Waals surface area (Å²) in [5.41, 5.74) is 2.21. The van der Waals surface area contributed by atoms with Gasteiger partial charge >= 0.3 is 5.97 Å². The molecule has 0 radical (unpaired) electrons. The summed E-state index contributed by atoms with van der Waals surface area (Å²) in [5, 5.41) is 2.81. The number of halogens is 1. The van der Waals surface area contributed by atoms with Gasteiger partial charge in [-0.1, -0.05) is 30.7 Å². The summed E-state index contributed by atoms with van der Waals surface area (Å²) in [6, 6.07) is 1.74. The van der Waals surface area contributed by atoms with Crippen LogP contribution < -0.4 is 0 Å². The van der Waals surface area contributed by atoms with Crippen LogP contribution in [0, 0.1) is 5.92 Å². The average Bonchev–Trinajstić information content (AvgIpc) is 2.97. The number of ether oxygens (including phenoxy) is 1. The number of allylic oxidation sites excluding steroid dienone is 2. The SMILES string of the molecule is COC(=O)C(C1=CCC(C)C=C1Cl)N1CCc2sccc2C1. The van der Waals surface area contributed by atoms with E-state index in [2.05, 4.69) is 29.3 Å². The molecule has 22 heavy (non-hydrogen) atoms. The van der Waals surface area contributed by atoms with Gasteiger partial charge < -0.3 is 4.74 Å². The lowest BCUT2D eigenvalue weighted by Crippen LogP contribution is -2.45. The minimum Gasteiger partial charge on any atom is -0.468 e. The fraction of sp³-hybridized carbons (Fsp3) is 0.471. The second-order valence-electron chi connectivity index (χ2n) is 5.90. The van der Waals surface area contributed by atoms with Crippen molar-refractivity contribution in [1.29, 1.82) is 0 Å². The Labute approximate surface area is 140 Å². The third kappa shape index (κ3) is 3.00. The minimum atomic E-state index is -0.408. The molecule has 1 aliphatic carbocycles. The number of esters is 1. The Morgan fingerprint density at radius 2 is 2.36 bits per heavy atom. The van der Waals surface area contributed by atoms with Gasteiger partial charge in [-0.2, -0.15) is 0 Å². The molecule has 118 valence electrons. The first kappa shape index (κ1) is 15.8. The Balaban J connectivity index is 1.89. The molecule has 2 unspecified atom stereocenters. The van der Waals surface area contributed by atoms with Crippen molar-refractivity contribution in [3.05, 3.63) is 44.6 Å². The van der Waals surface area contributed by atoms with E-state index < -0.39 is 6.04 Å². The Hall–Kier alpha value is -1.10. The van der Waals surface area contributed by atoms with Gasteiger partial charge in [-0.15, -0.1) is 11.3 Å². The molecule has 0 amide bonds. The minimum absolute atomic E-state index is 0.231. The number of carbonyl (C=O) groups excluding carboxylic acids is 1. The van der Waals surface area contributed by atoms with Crippen molar-refractivity contribution < 1.29 is 9.53 Å². The molecule has 0 fully saturated rings. The smallest absolute Gasteiger partial charge is 0.327 e. The van der Waals surface area contributed by atoms with Crippen LogP contribution in [0.4, 0.5) is 0 Å². The number of thiophene rings is 1. The molecule has 1 aliphatic heterocycles. The number of fused-ring (bicyclic) bond motifs is 1. The highest BCUT2D eigenvalue weighted by Gasteiger charge is 2.35. The first-order valence-corrected chi connectivity index (χ1v) is 8.80. The van der Waals surface area contributed by atoms with E-state index >= 15 is 0 Å². The molecule has 3 rings (SSSR count). The predicted octanol–water partition coefficient (Wildman–Crippen LogP) is 3.74. The van der Waals surface area contributed by atoms with Crippen LogP contribution in [-0.2, 0) is 22.5 Å². The van der Waals surface area contributed by atoms with Crippen LogP contribution >= 0.6 is 22.9 Å². The number of carbonyl (C=O) groups is 1. The third-order valence-electron chi connectivity index (χ3n) is 4.34. The highest BCUT2D eigenvalue weighted by molar-refractivity contribution is 7.10. The van der Waals surface area contributed by atoms with Gasteiger partial charge in [0, 0.05) is 23.0 Å². The standard InChI is InChI=1S/C17H20ClNO2S/c1-11-3-4-13(14(18)9-11)16(17(20)21-2)19-7-5-15-12(10-19)6-8-22-15/h4,6,8-9,11,16H,3,5,7,10H2,1-2H3. The Bertz CT molecular complexity index is 634. The molecular formula is C17H20ClNO2S. The van der Waals surface area contributed by atoms with Crippen LogP contribution in [0.25, 0.3) is 0 Å². The van der Waals surface area contributed by atoms with E-state index in [0.717, 1.165) is 31.5 Å². The van der Waals surface area contributed by atoms with Crippen LogP contribution in [0.15, 0.2) is 34.2 Å². The lowest BCUT2D eigenvalue weighted by Gasteiger charge is -2.35. The predicted molar refractivity (Wildman–Crippen MR) is 90.0 cm³/mol. The monoisotopic (exact) mass is 337 g/mol.